The van der Waals surface area contributed by atoms with E-state index in [-0.39, 0.29) is 0 Å². The summed E-state index contributed by atoms with van der Waals surface area (Å²) in [5, 5.41) is 12.1. The average Bonchev–Trinajstić information content (AvgIpc) is 2.45. The topological polar surface area (TPSA) is 35.8 Å². The Hall–Kier alpha value is -2.27. The molecular formula is C16H16N2. The van der Waals surface area contributed by atoms with Crippen LogP contribution in [0.4, 0.5) is 5.69 Å². The minimum Gasteiger partial charge on any atom is -0.385 e. The molecule has 2 rings (SSSR count). The van der Waals surface area contributed by atoms with Gasteiger partial charge in [0.2, 0.25) is 0 Å². The van der Waals surface area contributed by atoms with Gasteiger partial charge in [0, 0.05) is 12.2 Å². The zero-order chi connectivity index (χ0) is 12.6. The molecule has 0 bridgehead atoms. The van der Waals surface area contributed by atoms with Gasteiger partial charge in [-0.1, -0.05) is 30.3 Å². The maximum absolute atomic E-state index is 8.70. The molecule has 0 saturated carbocycles. The number of hydrogen-bond donors (Lipinski definition) is 1. The molecule has 0 spiro atoms. The van der Waals surface area contributed by atoms with Crippen LogP contribution < -0.4 is 5.32 Å². The fourth-order valence-corrected chi connectivity index (χ4v) is 1.83. The Morgan fingerprint density at radius 3 is 2.33 bits per heavy atom. The Balaban J connectivity index is 1.74. The van der Waals surface area contributed by atoms with E-state index in [1.54, 1.807) is 0 Å². The number of nitriles is 1. The lowest BCUT2D eigenvalue weighted by atomic mass is 10.1. The predicted octanol–water partition coefficient (Wildman–Crippen LogP) is 3.60. The van der Waals surface area contributed by atoms with E-state index in [0.717, 1.165) is 25.1 Å². The van der Waals surface area contributed by atoms with Crippen molar-refractivity contribution in [1.82, 2.24) is 0 Å². The molecule has 0 aliphatic rings. The Labute approximate surface area is 108 Å². The standard InChI is InChI=1S/C16H16N2/c17-13-15-8-10-16(11-9-15)18-12-4-7-14-5-2-1-3-6-14/h1-3,5-6,8-11,18H,4,7,12H2. The first kappa shape index (κ1) is 12.2. The second-order valence-electron chi connectivity index (χ2n) is 4.21. The van der Waals surface area contributed by atoms with Gasteiger partial charge in [-0.3, -0.25) is 0 Å². The van der Waals surface area contributed by atoms with Crippen molar-refractivity contribution < 1.29 is 0 Å². The van der Waals surface area contributed by atoms with Crippen LogP contribution in [0.3, 0.4) is 0 Å². The van der Waals surface area contributed by atoms with Crippen LogP contribution in [0.1, 0.15) is 17.5 Å². The van der Waals surface area contributed by atoms with Crippen molar-refractivity contribution in [2.24, 2.45) is 0 Å². The fourth-order valence-electron chi connectivity index (χ4n) is 1.83. The van der Waals surface area contributed by atoms with E-state index in [1.807, 2.05) is 30.3 Å². The van der Waals surface area contributed by atoms with E-state index in [2.05, 4.69) is 35.7 Å². The highest BCUT2D eigenvalue weighted by Gasteiger charge is 1.94. The van der Waals surface area contributed by atoms with Crippen LogP contribution in [0.5, 0.6) is 0 Å². The zero-order valence-corrected chi connectivity index (χ0v) is 10.3. The van der Waals surface area contributed by atoms with Gasteiger partial charge >= 0.3 is 0 Å². The first-order chi connectivity index (χ1) is 8.88. The second-order valence-corrected chi connectivity index (χ2v) is 4.21. The van der Waals surface area contributed by atoms with Crippen LogP contribution >= 0.6 is 0 Å². The molecule has 1 N–H and O–H groups in total. The van der Waals surface area contributed by atoms with Crippen LogP contribution in [-0.2, 0) is 6.42 Å². The molecule has 2 aromatic rings. The third kappa shape index (κ3) is 3.64. The molecule has 0 aromatic heterocycles. The fraction of sp³-hybridized carbons (Fsp3) is 0.188. The molecule has 0 aliphatic carbocycles. The summed E-state index contributed by atoms with van der Waals surface area (Å²) < 4.78 is 0. The van der Waals surface area contributed by atoms with Crippen molar-refractivity contribution in [3.8, 4) is 6.07 Å². The van der Waals surface area contributed by atoms with Gasteiger partial charge in [0.05, 0.1) is 11.6 Å². The summed E-state index contributed by atoms with van der Waals surface area (Å²) >= 11 is 0. The van der Waals surface area contributed by atoms with E-state index < -0.39 is 0 Å². The van der Waals surface area contributed by atoms with Crippen molar-refractivity contribution in [2.45, 2.75) is 12.8 Å². The maximum atomic E-state index is 8.70. The van der Waals surface area contributed by atoms with E-state index in [0.29, 0.717) is 5.56 Å². The lowest BCUT2D eigenvalue weighted by Crippen LogP contribution is -2.02. The Kier molecular flexibility index (Phi) is 4.38. The van der Waals surface area contributed by atoms with Crippen LogP contribution in [-0.4, -0.2) is 6.54 Å². The summed E-state index contributed by atoms with van der Waals surface area (Å²) in [6, 6.07) is 20.2. The van der Waals surface area contributed by atoms with E-state index in [9.17, 15) is 0 Å². The number of anilines is 1. The highest BCUT2D eigenvalue weighted by molar-refractivity contribution is 5.47. The second kappa shape index (κ2) is 6.46. The lowest BCUT2D eigenvalue weighted by Gasteiger charge is -2.06. The molecule has 2 heteroatoms. The number of nitrogens with zero attached hydrogens (tertiary/aromatic N) is 1. The average molecular weight is 236 g/mol. The number of rotatable bonds is 5. The number of aryl methyl sites for hydroxylation is 1. The number of benzene rings is 2. The molecule has 2 nitrogen and oxygen atoms in total. The van der Waals surface area contributed by atoms with Crippen LogP contribution in [0, 0.1) is 11.3 Å². The van der Waals surface area contributed by atoms with Crippen molar-refractivity contribution in [1.29, 1.82) is 5.26 Å². The van der Waals surface area contributed by atoms with Gasteiger partial charge in [0.15, 0.2) is 0 Å². The molecule has 18 heavy (non-hydrogen) atoms. The SMILES string of the molecule is N#Cc1ccc(NCCCc2ccccc2)cc1. The summed E-state index contributed by atoms with van der Waals surface area (Å²) in [4.78, 5) is 0. The van der Waals surface area contributed by atoms with Gasteiger partial charge in [-0.25, -0.2) is 0 Å². The van der Waals surface area contributed by atoms with Gasteiger partial charge in [-0.05, 0) is 42.7 Å². The summed E-state index contributed by atoms with van der Waals surface area (Å²) in [5.74, 6) is 0. The van der Waals surface area contributed by atoms with Crippen molar-refractivity contribution in [3.63, 3.8) is 0 Å². The van der Waals surface area contributed by atoms with Crippen molar-refractivity contribution >= 4 is 5.69 Å². The van der Waals surface area contributed by atoms with Crippen LogP contribution in [0.25, 0.3) is 0 Å². The summed E-state index contributed by atoms with van der Waals surface area (Å²) in [7, 11) is 0. The van der Waals surface area contributed by atoms with Gasteiger partial charge in [-0.2, -0.15) is 5.26 Å². The Morgan fingerprint density at radius 1 is 0.944 bits per heavy atom. The first-order valence-corrected chi connectivity index (χ1v) is 6.16. The molecule has 0 unspecified atom stereocenters. The van der Waals surface area contributed by atoms with Crippen LogP contribution in [0.15, 0.2) is 54.6 Å². The van der Waals surface area contributed by atoms with Gasteiger partial charge < -0.3 is 5.32 Å². The molecule has 2 aromatic carbocycles. The van der Waals surface area contributed by atoms with Gasteiger partial charge in [-0.15, -0.1) is 0 Å². The summed E-state index contributed by atoms with van der Waals surface area (Å²) in [6.45, 7) is 0.945. The van der Waals surface area contributed by atoms with E-state index in [1.165, 1.54) is 5.56 Å². The molecule has 0 saturated heterocycles. The van der Waals surface area contributed by atoms with Crippen LogP contribution in [0.2, 0.25) is 0 Å². The zero-order valence-electron chi connectivity index (χ0n) is 10.3. The van der Waals surface area contributed by atoms with Gasteiger partial charge in [0.25, 0.3) is 0 Å². The molecule has 90 valence electrons. The molecule has 0 amide bonds. The van der Waals surface area contributed by atoms with Gasteiger partial charge in [0.1, 0.15) is 0 Å². The highest BCUT2D eigenvalue weighted by atomic mass is 14.9. The first-order valence-electron chi connectivity index (χ1n) is 6.16. The van der Waals surface area contributed by atoms with E-state index in [4.69, 9.17) is 5.26 Å². The van der Waals surface area contributed by atoms with E-state index >= 15 is 0 Å². The Bertz CT molecular complexity index is 509. The third-order valence-corrected chi connectivity index (χ3v) is 2.83. The van der Waals surface area contributed by atoms with Crippen molar-refractivity contribution in [3.05, 3.63) is 65.7 Å². The maximum Gasteiger partial charge on any atom is 0.0991 e. The molecule has 0 atom stereocenters. The van der Waals surface area contributed by atoms with Crippen molar-refractivity contribution in [2.75, 3.05) is 11.9 Å². The third-order valence-electron chi connectivity index (χ3n) is 2.83. The molecule has 0 fully saturated rings. The number of hydrogen-bond acceptors (Lipinski definition) is 2. The smallest absolute Gasteiger partial charge is 0.0991 e. The molecule has 0 aliphatic heterocycles. The predicted molar refractivity (Wildman–Crippen MR) is 74.4 cm³/mol. The monoisotopic (exact) mass is 236 g/mol. The summed E-state index contributed by atoms with van der Waals surface area (Å²) in [6.07, 6.45) is 2.19. The molecule has 0 radical (unpaired) electrons. The minimum absolute atomic E-state index is 0.699. The number of nitrogens with one attached hydrogen (secondary N) is 1. The highest BCUT2D eigenvalue weighted by Crippen LogP contribution is 2.09. The largest absolute Gasteiger partial charge is 0.385 e. The quantitative estimate of drug-likeness (QED) is 0.805. The normalized spacial score (nSPS) is 9.72. The summed E-state index contributed by atoms with van der Waals surface area (Å²) in [5.41, 5.74) is 3.14. The Morgan fingerprint density at radius 2 is 1.67 bits per heavy atom. The lowest BCUT2D eigenvalue weighted by molar-refractivity contribution is 0.863. The minimum atomic E-state index is 0.699. The molecule has 0 heterocycles. The molecular weight excluding hydrogens is 220 g/mol.